The van der Waals surface area contributed by atoms with E-state index in [1.54, 1.807) is 0 Å². The van der Waals surface area contributed by atoms with Gasteiger partial charge in [-0.2, -0.15) is 0 Å². The Kier molecular flexibility index (Phi) is 7.47. The number of hydrogen-bond donors (Lipinski definition) is 0. The van der Waals surface area contributed by atoms with Gasteiger partial charge in [-0.1, -0.05) is 60.5 Å². The highest BCUT2D eigenvalue weighted by Crippen LogP contribution is 2.39. The lowest BCUT2D eigenvalue weighted by Crippen LogP contribution is -2.55. The van der Waals surface area contributed by atoms with Crippen LogP contribution in [0.25, 0.3) is 0 Å². The van der Waals surface area contributed by atoms with E-state index in [1.807, 2.05) is 0 Å². The quantitative estimate of drug-likeness (QED) is 0.588. The molecule has 2 fully saturated rings. The minimum absolute atomic E-state index is 0.505. The largest absolute Gasteiger partial charge is 0.372 e. The van der Waals surface area contributed by atoms with Crippen LogP contribution in [-0.4, -0.2) is 43.5 Å². The minimum Gasteiger partial charge on any atom is -0.372 e. The Morgan fingerprint density at radius 3 is 2.43 bits per heavy atom. The second kappa shape index (κ2) is 8.90. The Hall–Kier alpha value is -0.0151. The van der Waals surface area contributed by atoms with Gasteiger partial charge in [-0.25, -0.2) is 0 Å². The summed E-state index contributed by atoms with van der Waals surface area (Å²) in [6.07, 6.45) is 7.78. The average molecular weight is 321 g/mol. The summed E-state index contributed by atoms with van der Waals surface area (Å²) in [5, 5.41) is 0. The van der Waals surface area contributed by atoms with Crippen LogP contribution < -0.4 is 0 Å². The number of ether oxygens (including phenoxy) is 1. The maximum Gasteiger partial charge on any atom is 0.133 e. The second-order valence-electron chi connectivity index (χ2n) is 9.06. The van der Waals surface area contributed by atoms with Crippen molar-refractivity contribution in [2.45, 2.75) is 85.6 Å². The fourth-order valence-corrected chi connectivity index (χ4v) is 4.39. The van der Waals surface area contributed by atoms with Gasteiger partial charge in [0.05, 0.1) is 12.2 Å². The lowest BCUT2D eigenvalue weighted by Gasteiger charge is -2.46. The van der Waals surface area contributed by atoms with Crippen molar-refractivity contribution in [2.24, 2.45) is 23.7 Å². The molecule has 2 nitrogen and oxygen atoms in total. The molecule has 2 aliphatic rings. The van der Waals surface area contributed by atoms with E-state index in [2.05, 4.69) is 46.2 Å². The van der Waals surface area contributed by atoms with Crippen molar-refractivity contribution in [3.63, 3.8) is 0 Å². The molecule has 134 valence electrons. The number of nitrogens with zero attached hydrogens (tertiary/aromatic N) is 1. The summed E-state index contributed by atoms with van der Waals surface area (Å²) in [6.45, 7) is 18.7. The molecular weight excluding hydrogens is 281 g/mol. The molecule has 0 N–H and O–H groups in total. The van der Waals surface area contributed by atoms with Crippen LogP contribution in [0.1, 0.15) is 53.4 Å². The van der Waals surface area contributed by atoms with E-state index in [-0.39, 0.29) is 0 Å². The van der Waals surface area contributed by atoms with Crippen molar-refractivity contribution < 1.29 is 4.74 Å². The molecule has 1 saturated heterocycles. The van der Waals surface area contributed by atoms with Crippen molar-refractivity contribution in [3.8, 4) is 0 Å². The molecule has 1 saturated carbocycles. The van der Waals surface area contributed by atoms with Gasteiger partial charge in [0.2, 0.25) is 0 Å². The highest BCUT2D eigenvalue weighted by Gasteiger charge is 2.38. The second-order valence-corrected chi connectivity index (χ2v) is 9.06. The Morgan fingerprint density at radius 1 is 1.13 bits per heavy atom. The Morgan fingerprint density at radius 2 is 1.83 bits per heavy atom. The number of hydrogen-bond acceptors (Lipinski definition) is 2. The van der Waals surface area contributed by atoms with Gasteiger partial charge in [0, 0.05) is 19.6 Å². The molecule has 0 aromatic rings. The first kappa shape index (κ1) is 19.3. The first-order valence-corrected chi connectivity index (χ1v) is 10.3. The molecule has 1 heterocycles. The van der Waals surface area contributed by atoms with Crippen LogP contribution in [0.3, 0.4) is 0 Å². The monoisotopic (exact) mass is 321 g/mol. The maximum atomic E-state index is 6.49. The first-order valence-electron chi connectivity index (χ1n) is 10.3. The van der Waals surface area contributed by atoms with Crippen molar-refractivity contribution in [1.82, 2.24) is 4.90 Å². The van der Waals surface area contributed by atoms with E-state index < -0.39 is 0 Å². The molecule has 2 rings (SSSR count). The summed E-state index contributed by atoms with van der Waals surface area (Å²) in [5.74, 6) is 3.30. The van der Waals surface area contributed by atoms with Crippen molar-refractivity contribution in [3.05, 3.63) is 0 Å². The van der Waals surface area contributed by atoms with Gasteiger partial charge in [0.25, 0.3) is 0 Å². The molecule has 0 radical (unpaired) electrons. The highest BCUT2D eigenvalue weighted by atomic mass is 16.5. The third kappa shape index (κ3) is 5.49. The molecular formula is C20H40BNO. The van der Waals surface area contributed by atoms with E-state index in [9.17, 15) is 0 Å². The standard InChI is InChI=1S/C20H40BNO/c1-7-15(2)12-22-13-19(14-22)23-20-9-8-18(10-11-21(5)6)16(3)17(20)4/h15-20H,7-14H2,1-6H3. The average Bonchev–Trinajstić information content (AvgIpc) is 2.48. The van der Waals surface area contributed by atoms with Gasteiger partial charge < -0.3 is 4.74 Å². The van der Waals surface area contributed by atoms with Crippen LogP contribution in [-0.2, 0) is 4.74 Å². The first-order chi connectivity index (χ1) is 10.9. The molecule has 5 atom stereocenters. The lowest BCUT2D eigenvalue weighted by atomic mass is 9.50. The fourth-order valence-electron chi connectivity index (χ4n) is 4.39. The van der Waals surface area contributed by atoms with Crippen LogP contribution in [0.2, 0.25) is 20.0 Å². The summed E-state index contributed by atoms with van der Waals surface area (Å²) in [4.78, 5) is 2.57. The predicted octanol–water partition coefficient (Wildman–Crippen LogP) is 4.93. The number of likely N-dealkylation sites (tertiary alicyclic amines) is 1. The van der Waals surface area contributed by atoms with E-state index in [1.165, 1.54) is 51.6 Å². The summed E-state index contributed by atoms with van der Waals surface area (Å²) in [6, 6.07) is 0. The van der Waals surface area contributed by atoms with E-state index in [0.717, 1.165) is 30.4 Å². The molecule has 1 aliphatic carbocycles. The molecule has 23 heavy (non-hydrogen) atoms. The van der Waals surface area contributed by atoms with Crippen LogP contribution in [0.15, 0.2) is 0 Å². The Bertz CT molecular complexity index is 343. The molecule has 3 heteroatoms. The molecule has 0 bridgehead atoms. The van der Waals surface area contributed by atoms with Crippen molar-refractivity contribution >= 4 is 6.71 Å². The molecule has 0 aromatic heterocycles. The van der Waals surface area contributed by atoms with Gasteiger partial charge in [-0.3, -0.25) is 4.90 Å². The van der Waals surface area contributed by atoms with E-state index in [0.29, 0.717) is 12.2 Å². The zero-order valence-electron chi connectivity index (χ0n) is 16.6. The van der Waals surface area contributed by atoms with Crippen molar-refractivity contribution in [2.75, 3.05) is 19.6 Å². The lowest BCUT2D eigenvalue weighted by molar-refractivity contribution is -0.133. The molecule has 0 aromatic carbocycles. The van der Waals surface area contributed by atoms with E-state index >= 15 is 0 Å². The summed E-state index contributed by atoms with van der Waals surface area (Å²) in [5.41, 5.74) is 0. The van der Waals surface area contributed by atoms with Gasteiger partial charge in [0.1, 0.15) is 6.71 Å². The summed E-state index contributed by atoms with van der Waals surface area (Å²) in [7, 11) is 0. The van der Waals surface area contributed by atoms with Crippen LogP contribution in [0.4, 0.5) is 0 Å². The molecule has 0 amide bonds. The number of rotatable bonds is 8. The zero-order valence-corrected chi connectivity index (χ0v) is 16.6. The topological polar surface area (TPSA) is 12.5 Å². The SMILES string of the molecule is CCC(C)CN1CC(OC2CCC(CCB(C)C)C(C)C2C)C1. The van der Waals surface area contributed by atoms with Crippen LogP contribution >= 0.6 is 0 Å². The van der Waals surface area contributed by atoms with Gasteiger partial charge in [-0.05, 0) is 36.5 Å². The van der Waals surface area contributed by atoms with E-state index in [4.69, 9.17) is 4.74 Å². The fraction of sp³-hybridized carbons (Fsp3) is 1.00. The molecule has 1 aliphatic heterocycles. The Labute approximate surface area is 145 Å². The highest BCUT2D eigenvalue weighted by molar-refractivity contribution is 6.55. The summed E-state index contributed by atoms with van der Waals surface area (Å²) < 4.78 is 6.49. The van der Waals surface area contributed by atoms with Gasteiger partial charge in [0.15, 0.2) is 0 Å². The van der Waals surface area contributed by atoms with Crippen LogP contribution in [0.5, 0.6) is 0 Å². The smallest absolute Gasteiger partial charge is 0.133 e. The maximum absolute atomic E-state index is 6.49. The van der Waals surface area contributed by atoms with Gasteiger partial charge >= 0.3 is 0 Å². The van der Waals surface area contributed by atoms with Crippen LogP contribution in [0, 0.1) is 23.7 Å². The normalized spacial score (nSPS) is 34.2. The predicted molar refractivity (Wildman–Crippen MR) is 103 cm³/mol. The third-order valence-electron chi connectivity index (χ3n) is 6.65. The third-order valence-corrected chi connectivity index (χ3v) is 6.65. The minimum atomic E-state index is 0.505. The molecule has 0 spiro atoms. The molecule has 5 unspecified atom stereocenters. The summed E-state index contributed by atoms with van der Waals surface area (Å²) >= 11 is 0. The van der Waals surface area contributed by atoms with Crippen molar-refractivity contribution in [1.29, 1.82) is 0 Å². The zero-order chi connectivity index (χ0) is 17.0. The van der Waals surface area contributed by atoms with Gasteiger partial charge in [-0.15, -0.1) is 0 Å². The Balaban J connectivity index is 1.70.